The van der Waals surface area contributed by atoms with Gasteiger partial charge in [0, 0.05) is 23.8 Å². The molecular formula is C19H19ClN2O3. The van der Waals surface area contributed by atoms with Crippen molar-refractivity contribution in [1.82, 2.24) is 4.90 Å². The Hall–Kier alpha value is -2.37. The third-order valence-electron chi connectivity index (χ3n) is 4.07. The highest BCUT2D eigenvalue weighted by Crippen LogP contribution is 2.18. The van der Waals surface area contributed by atoms with Gasteiger partial charge in [-0.25, -0.2) is 0 Å². The van der Waals surface area contributed by atoms with E-state index < -0.39 is 6.04 Å². The molecule has 1 amide bonds. The van der Waals surface area contributed by atoms with E-state index in [-0.39, 0.29) is 18.3 Å². The number of carbonyl (C=O) groups is 2. The van der Waals surface area contributed by atoms with Crippen molar-refractivity contribution >= 4 is 29.2 Å². The molecule has 1 saturated heterocycles. The predicted molar refractivity (Wildman–Crippen MR) is 96.3 cm³/mol. The molecule has 130 valence electrons. The smallest absolute Gasteiger partial charge is 0.323 e. The standard InChI is InChI=1S/C19H19ClN2O3/c20-15-6-8-16(9-7-15)21-18(23)12-17-19(24)25-11-10-22(17)13-14-4-2-1-3-5-14/h1-9,17H,10-13H2,(H,21,23)/t17-/m0/s1. The Kier molecular flexibility index (Phi) is 5.68. The van der Waals surface area contributed by atoms with Gasteiger partial charge in [0.05, 0.1) is 6.42 Å². The number of ether oxygens (including phenoxy) is 1. The fourth-order valence-corrected chi connectivity index (χ4v) is 2.93. The molecule has 1 N–H and O–H groups in total. The van der Waals surface area contributed by atoms with Gasteiger partial charge in [0.1, 0.15) is 12.6 Å². The summed E-state index contributed by atoms with van der Waals surface area (Å²) in [4.78, 5) is 26.5. The molecule has 0 unspecified atom stereocenters. The van der Waals surface area contributed by atoms with Gasteiger partial charge >= 0.3 is 5.97 Å². The van der Waals surface area contributed by atoms with Crippen molar-refractivity contribution in [3.05, 3.63) is 65.2 Å². The highest BCUT2D eigenvalue weighted by atomic mass is 35.5. The van der Waals surface area contributed by atoms with Crippen molar-refractivity contribution in [1.29, 1.82) is 0 Å². The van der Waals surface area contributed by atoms with E-state index in [4.69, 9.17) is 16.3 Å². The lowest BCUT2D eigenvalue weighted by Gasteiger charge is -2.33. The molecule has 1 atom stereocenters. The van der Waals surface area contributed by atoms with Gasteiger partial charge in [0.2, 0.25) is 5.91 Å². The van der Waals surface area contributed by atoms with Crippen molar-refractivity contribution in [2.75, 3.05) is 18.5 Å². The highest BCUT2D eigenvalue weighted by Gasteiger charge is 2.33. The third kappa shape index (κ3) is 4.81. The van der Waals surface area contributed by atoms with Crippen LogP contribution in [-0.2, 0) is 20.9 Å². The van der Waals surface area contributed by atoms with Crippen LogP contribution >= 0.6 is 11.6 Å². The molecule has 1 heterocycles. The number of nitrogens with zero attached hydrogens (tertiary/aromatic N) is 1. The minimum Gasteiger partial charge on any atom is -0.463 e. The Bertz CT molecular complexity index is 734. The second kappa shape index (κ2) is 8.14. The fourth-order valence-electron chi connectivity index (χ4n) is 2.81. The summed E-state index contributed by atoms with van der Waals surface area (Å²) < 4.78 is 5.15. The SMILES string of the molecule is O=C(C[C@H]1C(=O)OCCN1Cc1ccccc1)Nc1ccc(Cl)cc1. The van der Waals surface area contributed by atoms with E-state index in [9.17, 15) is 9.59 Å². The molecule has 0 spiro atoms. The zero-order chi connectivity index (χ0) is 17.6. The summed E-state index contributed by atoms with van der Waals surface area (Å²) in [6, 6.07) is 16.1. The number of halogens is 1. The Balaban J connectivity index is 1.65. The molecule has 2 aromatic carbocycles. The van der Waals surface area contributed by atoms with E-state index in [2.05, 4.69) is 5.32 Å². The molecule has 2 aromatic rings. The van der Waals surface area contributed by atoms with Gasteiger partial charge < -0.3 is 10.1 Å². The topological polar surface area (TPSA) is 58.6 Å². The van der Waals surface area contributed by atoms with Gasteiger partial charge in [0.15, 0.2) is 0 Å². The Morgan fingerprint density at radius 3 is 2.60 bits per heavy atom. The predicted octanol–water partition coefficient (Wildman–Crippen LogP) is 3.10. The average Bonchev–Trinajstić information content (AvgIpc) is 2.61. The van der Waals surface area contributed by atoms with E-state index >= 15 is 0 Å². The number of hydrogen-bond donors (Lipinski definition) is 1. The van der Waals surface area contributed by atoms with Crippen LogP contribution in [0.15, 0.2) is 54.6 Å². The van der Waals surface area contributed by atoms with Gasteiger partial charge in [0.25, 0.3) is 0 Å². The molecule has 6 heteroatoms. The first kappa shape index (κ1) is 17.5. The largest absolute Gasteiger partial charge is 0.463 e. The maximum Gasteiger partial charge on any atom is 0.323 e. The molecule has 0 aliphatic carbocycles. The van der Waals surface area contributed by atoms with Gasteiger partial charge in [-0.3, -0.25) is 14.5 Å². The number of hydrogen-bond acceptors (Lipinski definition) is 4. The van der Waals surface area contributed by atoms with Crippen LogP contribution in [0.2, 0.25) is 5.02 Å². The fraction of sp³-hybridized carbons (Fsp3) is 0.263. The number of anilines is 1. The molecule has 0 bridgehead atoms. The molecule has 1 fully saturated rings. The van der Waals surface area contributed by atoms with E-state index in [0.717, 1.165) is 5.56 Å². The number of cyclic esters (lactones) is 1. The summed E-state index contributed by atoms with van der Waals surface area (Å²) in [6.07, 6.45) is 0.0499. The number of nitrogens with one attached hydrogen (secondary N) is 1. The van der Waals surface area contributed by atoms with Crippen molar-refractivity contribution < 1.29 is 14.3 Å². The summed E-state index contributed by atoms with van der Waals surface area (Å²) >= 11 is 5.84. The molecule has 25 heavy (non-hydrogen) atoms. The lowest BCUT2D eigenvalue weighted by atomic mass is 10.1. The zero-order valence-electron chi connectivity index (χ0n) is 13.7. The molecule has 1 aliphatic rings. The maximum absolute atomic E-state index is 12.3. The first-order chi connectivity index (χ1) is 12.1. The molecule has 1 aliphatic heterocycles. The summed E-state index contributed by atoms with van der Waals surface area (Å²) in [6.45, 7) is 1.56. The first-order valence-electron chi connectivity index (χ1n) is 8.12. The van der Waals surface area contributed by atoms with Gasteiger partial charge in [-0.2, -0.15) is 0 Å². The number of amides is 1. The number of benzene rings is 2. The highest BCUT2D eigenvalue weighted by molar-refractivity contribution is 6.30. The maximum atomic E-state index is 12.3. The van der Waals surface area contributed by atoms with Crippen LogP contribution in [0.25, 0.3) is 0 Å². The van der Waals surface area contributed by atoms with Crippen LogP contribution in [0.1, 0.15) is 12.0 Å². The lowest BCUT2D eigenvalue weighted by Crippen LogP contribution is -2.49. The summed E-state index contributed by atoms with van der Waals surface area (Å²) in [5.74, 6) is -0.585. The second-order valence-electron chi connectivity index (χ2n) is 5.90. The molecule has 0 saturated carbocycles. The number of carbonyl (C=O) groups excluding carboxylic acids is 2. The minimum absolute atomic E-state index is 0.0499. The van der Waals surface area contributed by atoms with Crippen LogP contribution in [0.5, 0.6) is 0 Å². The monoisotopic (exact) mass is 358 g/mol. The Labute approximate surface area is 151 Å². The lowest BCUT2D eigenvalue weighted by molar-refractivity contribution is -0.159. The third-order valence-corrected chi connectivity index (χ3v) is 4.32. The van der Waals surface area contributed by atoms with E-state index in [1.54, 1.807) is 24.3 Å². The normalized spacial score (nSPS) is 17.8. The van der Waals surface area contributed by atoms with E-state index in [0.29, 0.717) is 30.4 Å². The van der Waals surface area contributed by atoms with Crippen molar-refractivity contribution in [3.63, 3.8) is 0 Å². The summed E-state index contributed by atoms with van der Waals surface area (Å²) in [5, 5.41) is 3.39. The van der Waals surface area contributed by atoms with E-state index in [1.807, 2.05) is 35.2 Å². The average molecular weight is 359 g/mol. The van der Waals surface area contributed by atoms with Crippen LogP contribution in [0, 0.1) is 0 Å². The van der Waals surface area contributed by atoms with Crippen LogP contribution < -0.4 is 5.32 Å². The molecular weight excluding hydrogens is 340 g/mol. The number of morpholine rings is 1. The van der Waals surface area contributed by atoms with Crippen molar-refractivity contribution in [2.45, 2.75) is 19.0 Å². The van der Waals surface area contributed by atoms with E-state index in [1.165, 1.54) is 0 Å². The zero-order valence-corrected chi connectivity index (χ0v) is 14.4. The van der Waals surface area contributed by atoms with Crippen molar-refractivity contribution in [3.8, 4) is 0 Å². The number of rotatable bonds is 5. The minimum atomic E-state index is -0.582. The van der Waals surface area contributed by atoms with Crippen LogP contribution in [0.4, 0.5) is 5.69 Å². The molecule has 0 radical (unpaired) electrons. The van der Waals surface area contributed by atoms with Crippen LogP contribution in [0.3, 0.4) is 0 Å². The molecule has 3 rings (SSSR count). The Morgan fingerprint density at radius 2 is 1.88 bits per heavy atom. The number of esters is 1. The summed E-state index contributed by atoms with van der Waals surface area (Å²) in [7, 11) is 0. The molecule has 0 aromatic heterocycles. The Morgan fingerprint density at radius 1 is 1.16 bits per heavy atom. The quantitative estimate of drug-likeness (QED) is 0.834. The van der Waals surface area contributed by atoms with Crippen LogP contribution in [-0.4, -0.2) is 36.0 Å². The van der Waals surface area contributed by atoms with Gasteiger partial charge in [-0.15, -0.1) is 0 Å². The van der Waals surface area contributed by atoms with Gasteiger partial charge in [-0.1, -0.05) is 41.9 Å². The molecule has 5 nitrogen and oxygen atoms in total. The van der Waals surface area contributed by atoms with Gasteiger partial charge in [-0.05, 0) is 29.8 Å². The van der Waals surface area contributed by atoms with Crippen molar-refractivity contribution in [2.24, 2.45) is 0 Å². The summed E-state index contributed by atoms with van der Waals surface area (Å²) in [5.41, 5.74) is 1.74. The first-order valence-corrected chi connectivity index (χ1v) is 8.49. The second-order valence-corrected chi connectivity index (χ2v) is 6.33.